The summed E-state index contributed by atoms with van der Waals surface area (Å²) in [6, 6.07) is 7.90. The molecule has 2 heterocycles. The standard InChI is InChI=1S/C17H23N3O/c1-17(2,3)20-10-8-19(9-11-20)16(21)14-5-4-13-6-7-18-15(13)12-14/h4-7,12,18H,8-11H2,1-3H3. The minimum absolute atomic E-state index is 0.139. The second kappa shape index (κ2) is 5.19. The molecule has 4 nitrogen and oxygen atoms in total. The van der Waals surface area contributed by atoms with Gasteiger partial charge in [-0.15, -0.1) is 0 Å². The molecule has 1 aromatic heterocycles. The Kier molecular flexibility index (Phi) is 3.49. The molecule has 0 spiro atoms. The first kappa shape index (κ1) is 14.1. The van der Waals surface area contributed by atoms with E-state index in [2.05, 4.69) is 30.7 Å². The molecule has 0 aliphatic carbocycles. The molecule has 21 heavy (non-hydrogen) atoms. The van der Waals surface area contributed by atoms with Crippen LogP contribution < -0.4 is 0 Å². The lowest BCUT2D eigenvalue weighted by Crippen LogP contribution is -2.54. The minimum Gasteiger partial charge on any atom is -0.361 e. The number of aromatic nitrogens is 1. The monoisotopic (exact) mass is 285 g/mol. The first-order valence-corrected chi connectivity index (χ1v) is 7.56. The molecular formula is C17H23N3O. The van der Waals surface area contributed by atoms with E-state index in [1.54, 1.807) is 0 Å². The third kappa shape index (κ3) is 2.81. The molecule has 0 saturated carbocycles. The molecule has 112 valence electrons. The van der Waals surface area contributed by atoms with Crippen LogP contribution in [0.2, 0.25) is 0 Å². The minimum atomic E-state index is 0.139. The van der Waals surface area contributed by atoms with Crippen molar-refractivity contribution in [1.82, 2.24) is 14.8 Å². The van der Waals surface area contributed by atoms with E-state index < -0.39 is 0 Å². The Balaban J connectivity index is 1.71. The smallest absolute Gasteiger partial charge is 0.254 e. The molecular weight excluding hydrogens is 262 g/mol. The van der Waals surface area contributed by atoms with Gasteiger partial charge in [0.1, 0.15) is 0 Å². The normalized spacial score (nSPS) is 17.4. The number of H-pyrrole nitrogens is 1. The highest BCUT2D eigenvalue weighted by molar-refractivity contribution is 5.98. The zero-order valence-electron chi connectivity index (χ0n) is 13.0. The highest BCUT2D eigenvalue weighted by Gasteiger charge is 2.28. The summed E-state index contributed by atoms with van der Waals surface area (Å²) in [5.74, 6) is 0.139. The van der Waals surface area contributed by atoms with Crippen LogP contribution in [0.1, 0.15) is 31.1 Å². The maximum atomic E-state index is 12.6. The van der Waals surface area contributed by atoms with Crippen molar-refractivity contribution in [3.05, 3.63) is 36.0 Å². The Morgan fingerprint density at radius 1 is 1.10 bits per heavy atom. The summed E-state index contributed by atoms with van der Waals surface area (Å²) in [7, 11) is 0. The Labute approximate surface area is 125 Å². The van der Waals surface area contributed by atoms with Crippen LogP contribution >= 0.6 is 0 Å². The third-order valence-electron chi connectivity index (χ3n) is 4.32. The second-order valence-electron chi connectivity index (χ2n) is 6.73. The second-order valence-corrected chi connectivity index (χ2v) is 6.73. The molecule has 1 aliphatic rings. The summed E-state index contributed by atoms with van der Waals surface area (Å²) in [5, 5.41) is 1.14. The average Bonchev–Trinajstić information content (AvgIpc) is 2.93. The predicted octanol–water partition coefficient (Wildman–Crippen LogP) is 2.72. The fourth-order valence-corrected chi connectivity index (χ4v) is 2.94. The SMILES string of the molecule is CC(C)(C)N1CCN(C(=O)c2ccc3cc[nH]c3c2)CC1. The fourth-order valence-electron chi connectivity index (χ4n) is 2.94. The zero-order valence-corrected chi connectivity index (χ0v) is 13.0. The van der Waals surface area contributed by atoms with Crippen LogP contribution in [0, 0.1) is 0 Å². The molecule has 0 unspecified atom stereocenters. The van der Waals surface area contributed by atoms with Gasteiger partial charge in [-0.3, -0.25) is 9.69 Å². The van der Waals surface area contributed by atoms with E-state index in [9.17, 15) is 4.79 Å². The van der Waals surface area contributed by atoms with Crippen LogP contribution in [0.25, 0.3) is 10.9 Å². The van der Waals surface area contributed by atoms with Gasteiger partial charge in [0.2, 0.25) is 0 Å². The van der Waals surface area contributed by atoms with E-state index >= 15 is 0 Å². The van der Waals surface area contributed by atoms with E-state index in [1.165, 1.54) is 0 Å². The number of fused-ring (bicyclic) bond motifs is 1. The van der Waals surface area contributed by atoms with E-state index in [1.807, 2.05) is 35.4 Å². The highest BCUT2D eigenvalue weighted by atomic mass is 16.2. The van der Waals surface area contributed by atoms with Crippen molar-refractivity contribution in [1.29, 1.82) is 0 Å². The maximum absolute atomic E-state index is 12.6. The van der Waals surface area contributed by atoms with Gasteiger partial charge in [-0.1, -0.05) is 6.07 Å². The third-order valence-corrected chi connectivity index (χ3v) is 4.32. The highest BCUT2D eigenvalue weighted by Crippen LogP contribution is 2.19. The number of nitrogens with one attached hydrogen (secondary N) is 1. The lowest BCUT2D eigenvalue weighted by molar-refractivity contribution is 0.0451. The summed E-state index contributed by atoms with van der Waals surface area (Å²) < 4.78 is 0. The number of carbonyl (C=O) groups is 1. The quantitative estimate of drug-likeness (QED) is 0.875. The van der Waals surface area contributed by atoms with Gasteiger partial charge in [0, 0.05) is 49.0 Å². The lowest BCUT2D eigenvalue weighted by atomic mass is 10.0. The van der Waals surface area contributed by atoms with Crippen LogP contribution in [0.15, 0.2) is 30.5 Å². The Bertz CT molecular complexity index is 645. The number of carbonyl (C=O) groups excluding carboxylic acids is 1. The zero-order chi connectivity index (χ0) is 15.0. The molecule has 1 aromatic carbocycles. The molecule has 1 amide bonds. The number of hydrogen-bond acceptors (Lipinski definition) is 2. The number of aromatic amines is 1. The van der Waals surface area contributed by atoms with Gasteiger partial charge < -0.3 is 9.88 Å². The summed E-state index contributed by atoms with van der Waals surface area (Å²) in [5.41, 5.74) is 1.97. The molecule has 4 heteroatoms. The summed E-state index contributed by atoms with van der Waals surface area (Å²) in [6.07, 6.45) is 1.90. The molecule has 0 atom stereocenters. The first-order valence-electron chi connectivity index (χ1n) is 7.56. The number of rotatable bonds is 1. The largest absolute Gasteiger partial charge is 0.361 e. The van der Waals surface area contributed by atoms with Gasteiger partial charge in [-0.2, -0.15) is 0 Å². The van der Waals surface area contributed by atoms with Gasteiger partial charge in [-0.05, 0) is 44.4 Å². The summed E-state index contributed by atoms with van der Waals surface area (Å²) in [4.78, 5) is 20.2. The summed E-state index contributed by atoms with van der Waals surface area (Å²) >= 11 is 0. The Hall–Kier alpha value is -1.81. The van der Waals surface area contributed by atoms with Crippen LogP contribution in [0.5, 0.6) is 0 Å². The van der Waals surface area contributed by atoms with Crippen molar-refractivity contribution >= 4 is 16.8 Å². The number of amides is 1. The molecule has 1 fully saturated rings. The molecule has 1 N–H and O–H groups in total. The van der Waals surface area contributed by atoms with E-state index in [4.69, 9.17) is 0 Å². The fraction of sp³-hybridized carbons (Fsp3) is 0.471. The van der Waals surface area contributed by atoms with Gasteiger partial charge in [0.25, 0.3) is 5.91 Å². The first-order chi connectivity index (χ1) is 9.95. The molecule has 3 rings (SSSR count). The lowest BCUT2D eigenvalue weighted by Gasteiger charge is -2.42. The number of hydrogen-bond donors (Lipinski definition) is 1. The van der Waals surface area contributed by atoms with E-state index in [0.29, 0.717) is 0 Å². The van der Waals surface area contributed by atoms with Crippen molar-refractivity contribution in [2.45, 2.75) is 26.3 Å². The molecule has 1 aliphatic heterocycles. The van der Waals surface area contributed by atoms with Gasteiger partial charge in [-0.25, -0.2) is 0 Å². The summed E-state index contributed by atoms with van der Waals surface area (Å²) in [6.45, 7) is 10.2. The predicted molar refractivity (Wildman–Crippen MR) is 85.5 cm³/mol. The Morgan fingerprint density at radius 2 is 1.81 bits per heavy atom. The van der Waals surface area contributed by atoms with E-state index in [-0.39, 0.29) is 11.4 Å². The maximum Gasteiger partial charge on any atom is 0.254 e. The van der Waals surface area contributed by atoms with Gasteiger partial charge in [0.05, 0.1) is 0 Å². The molecule has 0 radical (unpaired) electrons. The number of piperazine rings is 1. The molecule has 2 aromatic rings. The van der Waals surface area contributed by atoms with Crippen molar-refractivity contribution in [3.63, 3.8) is 0 Å². The van der Waals surface area contributed by atoms with Crippen molar-refractivity contribution in [2.24, 2.45) is 0 Å². The van der Waals surface area contributed by atoms with Gasteiger partial charge in [0.15, 0.2) is 0 Å². The number of nitrogens with zero attached hydrogens (tertiary/aromatic N) is 2. The van der Waals surface area contributed by atoms with Crippen LogP contribution in [0.3, 0.4) is 0 Å². The van der Waals surface area contributed by atoms with Crippen LogP contribution in [-0.2, 0) is 0 Å². The van der Waals surface area contributed by atoms with Crippen LogP contribution in [-0.4, -0.2) is 52.4 Å². The van der Waals surface area contributed by atoms with Crippen LogP contribution in [0.4, 0.5) is 0 Å². The Morgan fingerprint density at radius 3 is 2.48 bits per heavy atom. The van der Waals surface area contributed by atoms with Gasteiger partial charge >= 0.3 is 0 Å². The average molecular weight is 285 g/mol. The van der Waals surface area contributed by atoms with E-state index in [0.717, 1.165) is 42.6 Å². The van der Waals surface area contributed by atoms with Crippen molar-refractivity contribution in [2.75, 3.05) is 26.2 Å². The number of benzene rings is 1. The molecule has 1 saturated heterocycles. The topological polar surface area (TPSA) is 39.3 Å². The van der Waals surface area contributed by atoms with Crippen molar-refractivity contribution < 1.29 is 4.79 Å². The van der Waals surface area contributed by atoms with Crippen molar-refractivity contribution in [3.8, 4) is 0 Å². The molecule has 0 bridgehead atoms.